The second-order valence-corrected chi connectivity index (χ2v) is 4.17. The number of rotatable bonds is 9. The van der Waals surface area contributed by atoms with Crippen LogP contribution in [-0.2, 0) is 9.59 Å². The zero-order valence-corrected chi connectivity index (χ0v) is 10.3. The molecule has 0 aromatic carbocycles. The predicted molar refractivity (Wildman–Crippen MR) is 63.0 cm³/mol. The van der Waals surface area contributed by atoms with E-state index in [0.717, 1.165) is 19.3 Å². The third-order valence-electron chi connectivity index (χ3n) is 2.53. The Hall–Kier alpha value is -0.900. The van der Waals surface area contributed by atoms with E-state index in [2.05, 4.69) is 12.2 Å². The Labute approximate surface area is 97.4 Å². The highest BCUT2D eigenvalue weighted by Gasteiger charge is 2.09. The van der Waals surface area contributed by atoms with Gasteiger partial charge in [0.15, 0.2) is 0 Å². The van der Waals surface area contributed by atoms with Crippen molar-refractivity contribution in [2.24, 2.45) is 5.92 Å². The van der Waals surface area contributed by atoms with E-state index in [0.29, 0.717) is 18.9 Å². The second-order valence-electron chi connectivity index (χ2n) is 4.17. The minimum atomic E-state index is -0.0748. The van der Waals surface area contributed by atoms with Crippen LogP contribution >= 0.6 is 0 Å². The standard InChI is InChI=1S/C12H23NO3/c1-3-4-11(7-8-14)9-13-12(16)6-5-10(2)15/h11,14H,3-9H2,1-2H3,(H,13,16). The molecule has 0 heterocycles. The van der Waals surface area contributed by atoms with Gasteiger partial charge >= 0.3 is 0 Å². The van der Waals surface area contributed by atoms with Crippen molar-refractivity contribution in [3.8, 4) is 0 Å². The zero-order valence-electron chi connectivity index (χ0n) is 10.3. The molecule has 2 N–H and O–H groups in total. The van der Waals surface area contributed by atoms with Crippen LogP contribution in [0.2, 0.25) is 0 Å². The summed E-state index contributed by atoms with van der Waals surface area (Å²) in [6.45, 7) is 4.33. The van der Waals surface area contributed by atoms with E-state index >= 15 is 0 Å². The first-order valence-electron chi connectivity index (χ1n) is 5.97. The molecule has 0 rings (SSSR count). The number of Topliss-reactive ketones (excluding diaryl/α,β-unsaturated/α-hetero) is 1. The molecule has 1 unspecified atom stereocenters. The minimum absolute atomic E-state index is 0.0376. The SMILES string of the molecule is CCCC(CCO)CNC(=O)CCC(C)=O. The monoisotopic (exact) mass is 229 g/mol. The molecule has 0 aliphatic rings. The number of aliphatic hydroxyl groups excluding tert-OH is 1. The molecule has 94 valence electrons. The average molecular weight is 229 g/mol. The molecule has 0 aromatic heterocycles. The average Bonchev–Trinajstić information content (AvgIpc) is 2.23. The molecule has 0 radical (unpaired) electrons. The molecule has 0 aliphatic heterocycles. The summed E-state index contributed by atoms with van der Waals surface area (Å²) < 4.78 is 0. The van der Waals surface area contributed by atoms with Crippen LogP contribution in [-0.4, -0.2) is 29.9 Å². The zero-order chi connectivity index (χ0) is 12.4. The summed E-state index contributed by atoms with van der Waals surface area (Å²) in [6, 6.07) is 0. The van der Waals surface area contributed by atoms with Crippen LogP contribution in [0.3, 0.4) is 0 Å². The molecule has 0 saturated carbocycles. The first kappa shape index (κ1) is 15.1. The number of carbonyl (C=O) groups is 2. The Morgan fingerprint density at radius 2 is 1.94 bits per heavy atom. The molecule has 4 heteroatoms. The fourth-order valence-corrected chi connectivity index (χ4v) is 1.58. The lowest BCUT2D eigenvalue weighted by molar-refractivity contribution is -0.124. The summed E-state index contributed by atoms with van der Waals surface area (Å²) in [5, 5.41) is 11.7. The Bertz CT molecular complexity index is 210. The van der Waals surface area contributed by atoms with Gasteiger partial charge in [0.2, 0.25) is 5.91 Å². The van der Waals surface area contributed by atoms with Crippen molar-refractivity contribution in [3.05, 3.63) is 0 Å². The number of hydrogen-bond donors (Lipinski definition) is 2. The lowest BCUT2D eigenvalue weighted by Crippen LogP contribution is -2.29. The maximum atomic E-state index is 11.3. The number of hydrogen-bond acceptors (Lipinski definition) is 3. The summed E-state index contributed by atoms with van der Waals surface area (Å²) in [7, 11) is 0. The number of ketones is 1. The summed E-state index contributed by atoms with van der Waals surface area (Å²) in [5.74, 6) is 0.307. The van der Waals surface area contributed by atoms with E-state index in [1.165, 1.54) is 6.92 Å². The summed E-state index contributed by atoms with van der Waals surface area (Å²) in [4.78, 5) is 22.0. The van der Waals surface area contributed by atoms with Crippen LogP contribution in [0, 0.1) is 5.92 Å². The topological polar surface area (TPSA) is 66.4 Å². The third-order valence-corrected chi connectivity index (χ3v) is 2.53. The number of nitrogens with one attached hydrogen (secondary N) is 1. The van der Waals surface area contributed by atoms with Crippen molar-refractivity contribution in [1.29, 1.82) is 0 Å². The molecule has 1 amide bonds. The van der Waals surface area contributed by atoms with Crippen LogP contribution < -0.4 is 5.32 Å². The van der Waals surface area contributed by atoms with E-state index in [1.807, 2.05) is 0 Å². The largest absolute Gasteiger partial charge is 0.396 e. The first-order valence-corrected chi connectivity index (χ1v) is 5.97. The van der Waals surface area contributed by atoms with Crippen molar-refractivity contribution in [2.45, 2.75) is 46.0 Å². The van der Waals surface area contributed by atoms with Crippen molar-refractivity contribution < 1.29 is 14.7 Å². The highest BCUT2D eigenvalue weighted by Crippen LogP contribution is 2.09. The molecule has 1 atom stereocenters. The van der Waals surface area contributed by atoms with Gasteiger partial charge in [0, 0.05) is 26.0 Å². The summed E-state index contributed by atoms with van der Waals surface area (Å²) >= 11 is 0. The van der Waals surface area contributed by atoms with Gasteiger partial charge in [0.25, 0.3) is 0 Å². The fourth-order valence-electron chi connectivity index (χ4n) is 1.58. The van der Waals surface area contributed by atoms with E-state index in [-0.39, 0.29) is 24.7 Å². The molecule has 0 aromatic rings. The maximum absolute atomic E-state index is 11.3. The Morgan fingerprint density at radius 3 is 2.44 bits per heavy atom. The lowest BCUT2D eigenvalue weighted by Gasteiger charge is -2.15. The molecule has 0 spiro atoms. The smallest absolute Gasteiger partial charge is 0.220 e. The van der Waals surface area contributed by atoms with Crippen LogP contribution in [0.1, 0.15) is 46.0 Å². The molecule has 0 fully saturated rings. The van der Waals surface area contributed by atoms with Gasteiger partial charge < -0.3 is 15.2 Å². The van der Waals surface area contributed by atoms with Gasteiger partial charge in [-0.3, -0.25) is 4.79 Å². The highest BCUT2D eigenvalue weighted by molar-refractivity contribution is 5.83. The Morgan fingerprint density at radius 1 is 1.25 bits per heavy atom. The van der Waals surface area contributed by atoms with Crippen molar-refractivity contribution in [1.82, 2.24) is 5.32 Å². The van der Waals surface area contributed by atoms with Crippen LogP contribution in [0.15, 0.2) is 0 Å². The Balaban J connectivity index is 3.72. The van der Waals surface area contributed by atoms with Gasteiger partial charge in [-0.25, -0.2) is 0 Å². The van der Waals surface area contributed by atoms with Crippen molar-refractivity contribution in [2.75, 3.05) is 13.2 Å². The van der Waals surface area contributed by atoms with Gasteiger partial charge in [0.1, 0.15) is 5.78 Å². The molecule has 4 nitrogen and oxygen atoms in total. The van der Waals surface area contributed by atoms with Gasteiger partial charge in [0.05, 0.1) is 0 Å². The fraction of sp³-hybridized carbons (Fsp3) is 0.833. The predicted octanol–water partition coefficient (Wildman–Crippen LogP) is 1.27. The number of amides is 1. The minimum Gasteiger partial charge on any atom is -0.396 e. The molecular weight excluding hydrogens is 206 g/mol. The second kappa shape index (κ2) is 9.33. The van der Waals surface area contributed by atoms with Crippen LogP contribution in [0.25, 0.3) is 0 Å². The quantitative estimate of drug-likeness (QED) is 0.625. The molecule has 16 heavy (non-hydrogen) atoms. The third kappa shape index (κ3) is 8.41. The number of carbonyl (C=O) groups excluding carboxylic acids is 2. The summed E-state index contributed by atoms with van der Waals surface area (Å²) in [5.41, 5.74) is 0. The van der Waals surface area contributed by atoms with E-state index in [4.69, 9.17) is 5.11 Å². The Kier molecular flexibility index (Phi) is 8.81. The maximum Gasteiger partial charge on any atom is 0.220 e. The van der Waals surface area contributed by atoms with E-state index < -0.39 is 0 Å². The normalized spacial score (nSPS) is 12.2. The molecule has 0 bridgehead atoms. The molecular formula is C12H23NO3. The van der Waals surface area contributed by atoms with Crippen molar-refractivity contribution in [3.63, 3.8) is 0 Å². The van der Waals surface area contributed by atoms with Gasteiger partial charge in [-0.2, -0.15) is 0 Å². The highest BCUT2D eigenvalue weighted by atomic mass is 16.3. The first-order chi connectivity index (χ1) is 7.60. The van der Waals surface area contributed by atoms with Gasteiger partial charge in [-0.1, -0.05) is 13.3 Å². The van der Waals surface area contributed by atoms with Crippen molar-refractivity contribution >= 4 is 11.7 Å². The van der Waals surface area contributed by atoms with Gasteiger partial charge in [-0.15, -0.1) is 0 Å². The van der Waals surface area contributed by atoms with Crippen LogP contribution in [0.5, 0.6) is 0 Å². The molecule has 0 saturated heterocycles. The van der Waals surface area contributed by atoms with Crippen LogP contribution in [0.4, 0.5) is 0 Å². The van der Waals surface area contributed by atoms with E-state index in [1.54, 1.807) is 0 Å². The summed E-state index contributed by atoms with van der Waals surface area (Å²) in [6.07, 6.45) is 3.36. The van der Waals surface area contributed by atoms with E-state index in [9.17, 15) is 9.59 Å². The van der Waals surface area contributed by atoms with Gasteiger partial charge in [-0.05, 0) is 25.7 Å². The lowest BCUT2D eigenvalue weighted by atomic mass is 10.0. The molecule has 0 aliphatic carbocycles. The number of aliphatic hydroxyl groups is 1.